The Balaban J connectivity index is 2.09. The number of benzene rings is 2. The maximum atomic E-state index is 6.05. The van der Waals surface area contributed by atoms with E-state index < -0.39 is 0 Å². The minimum absolute atomic E-state index is 0.575. The summed E-state index contributed by atoms with van der Waals surface area (Å²) in [6, 6.07) is 13.2. The first-order valence-corrected chi connectivity index (χ1v) is 7.83. The molecular formula is C20H26O. The van der Waals surface area contributed by atoms with E-state index in [4.69, 9.17) is 4.74 Å². The van der Waals surface area contributed by atoms with Crippen molar-refractivity contribution in [3.05, 3.63) is 64.2 Å². The standard InChI is InChI=1S/C20H26O/c1-6-17-11-15(4)20(16(5)12-17)21-13-18-7-9-19(10-8-18)14(2)3/h7-12,14H,6,13H2,1-5H3. The topological polar surface area (TPSA) is 9.23 Å². The Morgan fingerprint density at radius 2 is 1.48 bits per heavy atom. The molecule has 1 nitrogen and oxygen atoms in total. The van der Waals surface area contributed by atoms with Crippen molar-refractivity contribution in [2.75, 3.05) is 0 Å². The highest BCUT2D eigenvalue weighted by Crippen LogP contribution is 2.26. The van der Waals surface area contributed by atoms with Crippen molar-refractivity contribution in [1.82, 2.24) is 0 Å². The van der Waals surface area contributed by atoms with Crippen molar-refractivity contribution in [3.8, 4) is 5.75 Å². The van der Waals surface area contributed by atoms with Crippen LogP contribution >= 0.6 is 0 Å². The molecule has 0 fully saturated rings. The molecule has 0 saturated carbocycles. The van der Waals surface area contributed by atoms with Gasteiger partial charge in [0, 0.05) is 0 Å². The fourth-order valence-corrected chi connectivity index (χ4v) is 2.63. The van der Waals surface area contributed by atoms with Crippen LogP contribution < -0.4 is 4.74 Å². The third kappa shape index (κ3) is 3.87. The fourth-order valence-electron chi connectivity index (χ4n) is 2.63. The van der Waals surface area contributed by atoms with Crippen LogP contribution in [0.1, 0.15) is 54.5 Å². The maximum absolute atomic E-state index is 6.05. The van der Waals surface area contributed by atoms with Crippen molar-refractivity contribution >= 4 is 0 Å². The molecule has 0 bridgehead atoms. The van der Waals surface area contributed by atoms with E-state index in [1.165, 1.54) is 27.8 Å². The smallest absolute Gasteiger partial charge is 0.125 e. The third-order valence-corrected chi connectivity index (χ3v) is 3.96. The van der Waals surface area contributed by atoms with Crippen LogP contribution in [0.25, 0.3) is 0 Å². The van der Waals surface area contributed by atoms with Gasteiger partial charge in [-0.05, 0) is 54.0 Å². The zero-order valence-electron chi connectivity index (χ0n) is 13.9. The summed E-state index contributed by atoms with van der Waals surface area (Å²) in [7, 11) is 0. The molecule has 0 unspecified atom stereocenters. The second kappa shape index (κ2) is 6.80. The van der Waals surface area contributed by atoms with Crippen LogP contribution in [-0.2, 0) is 13.0 Å². The van der Waals surface area contributed by atoms with E-state index in [1.54, 1.807) is 0 Å². The summed E-state index contributed by atoms with van der Waals surface area (Å²) in [5.41, 5.74) is 6.42. The van der Waals surface area contributed by atoms with Gasteiger partial charge in [0.15, 0.2) is 0 Å². The molecule has 21 heavy (non-hydrogen) atoms. The molecule has 0 aliphatic rings. The van der Waals surface area contributed by atoms with Crippen LogP contribution in [-0.4, -0.2) is 0 Å². The number of ether oxygens (including phenoxy) is 1. The minimum atomic E-state index is 0.575. The third-order valence-electron chi connectivity index (χ3n) is 3.96. The normalized spacial score (nSPS) is 11.0. The van der Waals surface area contributed by atoms with Crippen molar-refractivity contribution in [2.24, 2.45) is 0 Å². The molecule has 0 amide bonds. The molecule has 0 heterocycles. The quantitative estimate of drug-likeness (QED) is 0.696. The Hall–Kier alpha value is -1.76. The molecular weight excluding hydrogens is 256 g/mol. The van der Waals surface area contributed by atoms with E-state index in [-0.39, 0.29) is 0 Å². The van der Waals surface area contributed by atoms with Gasteiger partial charge in [-0.25, -0.2) is 0 Å². The first-order valence-electron chi connectivity index (χ1n) is 7.83. The lowest BCUT2D eigenvalue weighted by Crippen LogP contribution is -2.00. The second-order valence-corrected chi connectivity index (χ2v) is 6.10. The van der Waals surface area contributed by atoms with E-state index in [0.29, 0.717) is 12.5 Å². The summed E-state index contributed by atoms with van der Waals surface area (Å²) >= 11 is 0. The van der Waals surface area contributed by atoms with Crippen molar-refractivity contribution < 1.29 is 4.74 Å². The van der Waals surface area contributed by atoms with E-state index in [0.717, 1.165) is 12.2 Å². The average Bonchev–Trinajstić information content (AvgIpc) is 2.46. The van der Waals surface area contributed by atoms with Crippen LogP contribution in [0.2, 0.25) is 0 Å². The Morgan fingerprint density at radius 1 is 0.905 bits per heavy atom. The predicted molar refractivity (Wildman–Crippen MR) is 90.2 cm³/mol. The largest absolute Gasteiger partial charge is 0.488 e. The molecule has 0 saturated heterocycles. The summed E-state index contributed by atoms with van der Waals surface area (Å²) < 4.78 is 6.05. The van der Waals surface area contributed by atoms with Crippen LogP contribution in [0, 0.1) is 13.8 Å². The highest BCUT2D eigenvalue weighted by Gasteiger charge is 2.06. The van der Waals surface area contributed by atoms with Gasteiger partial charge in [0.05, 0.1) is 0 Å². The van der Waals surface area contributed by atoms with Crippen molar-refractivity contribution in [2.45, 2.75) is 53.6 Å². The number of aryl methyl sites for hydroxylation is 3. The van der Waals surface area contributed by atoms with Gasteiger partial charge in [-0.3, -0.25) is 0 Å². The monoisotopic (exact) mass is 282 g/mol. The first-order chi connectivity index (χ1) is 10.0. The SMILES string of the molecule is CCc1cc(C)c(OCc2ccc(C(C)C)cc2)c(C)c1. The predicted octanol–water partition coefficient (Wildman–Crippen LogP) is 5.57. The highest BCUT2D eigenvalue weighted by atomic mass is 16.5. The fraction of sp³-hybridized carbons (Fsp3) is 0.400. The Labute approximate surface area is 129 Å². The summed E-state index contributed by atoms with van der Waals surface area (Å²) in [6.07, 6.45) is 1.07. The van der Waals surface area contributed by atoms with Crippen LogP contribution in [0.4, 0.5) is 0 Å². The molecule has 0 spiro atoms. The summed E-state index contributed by atoms with van der Waals surface area (Å²) in [6.45, 7) is 11.5. The molecule has 2 rings (SSSR count). The van der Waals surface area contributed by atoms with Crippen LogP contribution in [0.15, 0.2) is 36.4 Å². The van der Waals surface area contributed by atoms with E-state index in [1.807, 2.05) is 0 Å². The van der Waals surface area contributed by atoms with Gasteiger partial charge in [0.2, 0.25) is 0 Å². The van der Waals surface area contributed by atoms with Gasteiger partial charge in [0.25, 0.3) is 0 Å². The zero-order valence-corrected chi connectivity index (χ0v) is 13.9. The lowest BCUT2D eigenvalue weighted by molar-refractivity contribution is 0.302. The van der Waals surface area contributed by atoms with Gasteiger partial charge in [-0.15, -0.1) is 0 Å². The molecule has 0 aromatic heterocycles. The second-order valence-electron chi connectivity index (χ2n) is 6.10. The number of rotatable bonds is 5. The molecule has 0 N–H and O–H groups in total. The average molecular weight is 282 g/mol. The molecule has 2 aromatic carbocycles. The number of hydrogen-bond acceptors (Lipinski definition) is 1. The van der Waals surface area contributed by atoms with E-state index in [2.05, 4.69) is 71.0 Å². The maximum Gasteiger partial charge on any atom is 0.125 e. The van der Waals surface area contributed by atoms with Crippen LogP contribution in [0.3, 0.4) is 0 Å². The van der Waals surface area contributed by atoms with Crippen LogP contribution in [0.5, 0.6) is 5.75 Å². The molecule has 2 aromatic rings. The minimum Gasteiger partial charge on any atom is -0.488 e. The zero-order chi connectivity index (χ0) is 15.4. The number of hydrogen-bond donors (Lipinski definition) is 0. The Kier molecular flexibility index (Phi) is 5.06. The Morgan fingerprint density at radius 3 is 1.95 bits per heavy atom. The summed E-state index contributed by atoms with van der Waals surface area (Å²) in [5, 5.41) is 0. The molecule has 0 aliphatic heterocycles. The Bertz CT molecular complexity index is 571. The van der Waals surface area contributed by atoms with Gasteiger partial charge in [0.1, 0.15) is 12.4 Å². The molecule has 0 radical (unpaired) electrons. The lowest BCUT2D eigenvalue weighted by Gasteiger charge is -2.14. The van der Waals surface area contributed by atoms with Gasteiger partial charge < -0.3 is 4.74 Å². The van der Waals surface area contributed by atoms with Gasteiger partial charge in [-0.1, -0.05) is 57.2 Å². The molecule has 112 valence electrons. The van der Waals surface area contributed by atoms with Gasteiger partial charge >= 0.3 is 0 Å². The molecule has 0 aliphatic carbocycles. The summed E-state index contributed by atoms with van der Waals surface area (Å²) in [4.78, 5) is 0. The lowest BCUT2D eigenvalue weighted by atomic mass is 10.0. The van der Waals surface area contributed by atoms with Gasteiger partial charge in [-0.2, -0.15) is 0 Å². The van der Waals surface area contributed by atoms with Crippen molar-refractivity contribution in [3.63, 3.8) is 0 Å². The molecule has 0 atom stereocenters. The first kappa shape index (κ1) is 15.6. The van der Waals surface area contributed by atoms with E-state index in [9.17, 15) is 0 Å². The van der Waals surface area contributed by atoms with E-state index >= 15 is 0 Å². The summed E-state index contributed by atoms with van der Waals surface area (Å²) in [5.74, 6) is 1.60. The highest BCUT2D eigenvalue weighted by molar-refractivity contribution is 5.43. The van der Waals surface area contributed by atoms with Crippen molar-refractivity contribution in [1.29, 1.82) is 0 Å². The molecule has 1 heteroatoms.